The summed E-state index contributed by atoms with van der Waals surface area (Å²) < 4.78 is 1.08. The van der Waals surface area contributed by atoms with E-state index in [2.05, 4.69) is 43.6 Å². The van der Waals surface area contributed by atoms with Crippen LogP contribution in [-0.4, -0.2) is 42.4 Å². The number of nitrogens with one attached hydrogen (secondary N) is 2. The topological polar surface area (TPSA) is 61.4 Å². The summed E-state index contributed by atoms with van der Waals surface area (Å²) in [6.07, 6.45) is 3.29. The number of imide groups is 1. The summed E-state index contributed by atoms with van der Waals surface area (Å²) in [5.41, 5.74) is 1.14. The number of benzene rings is 1. The van der Waals surface area contributed by atoms with Crippen LogP contribution in [0.25, 0.3) is 0 Å². The molecule has 2 heterocycles. The molecule has 3 rings (SSSR count). The zero-order chi connectivity index (χ0) is 16.2. The van der Waals surface area contributed by atoms with Crippen molar-refractivity contribution in [1.29, 1.82) is 0 Å². The van der Waals surface area contributed by atoms with Crippen LogP contribution in [-0.2, 0) is 9.59 Å². The average Bonchev–Trinajstić information content (AvgIpc) is 2.52. The molecule has 2 saturated heterocycles. The zero-order valence-corrected chi connectivity index (χ0v) is 14.6. The Morgan fingerprint density at radius 3 is 2.70 bits per heavy atom. The molecule has 2 aliphatic heterocycles. The molecule has 2 amide bonds. The van der Waals surface area contributed by atoms with Gasteiger partial charge in [-0.05, 0) is 37.5 Å². The number of amides is 2. The molecular formula is C17H22BrN3O2. The molecule has 2 fully saturated rings. The third-order valence-electron chi connectivity index (χ3n) is 4.61. The van der Waals surface area contributed by atoms with Gasteiger partial charge in [0.1, 0.15) is 0 Å². The van der Waals surface area contributed by atoms with E-state index in [9.17, 15) is 9.59 Å². The van der Waals surface area contributed by atoms with Crippen molar-refractivity contribution < 1.29 is 9.59 Å². The quantitative estimate of drug-likeness (QED) is 0.788. The van der Waals surface area contributed by atoms with E-state index in [1.807, 2.05) is 12.1 Å². The molecule has 0 saturated carbocycles. The van der Waals surface area contributed by atoms with E-state index in [1.54, 1.807) is 0 Å². The fourth-order valence-electron chi connectivity index (χ4n) is 3.30. The van der Waals surface area contributed by atoms with Crippen LogP contribution < -0.4 is 10.6 Å². The summed E-state index contributed by atoms with van der Waals surface area (Å²) >= 11 is 3.49. The highest BCUT2D eigenvalue weighted by molar-refractivity contribution is 9.10. The molecule has 0 bridgehead atoms. The van der Waals surface area contributed by atoms with Gasteiger partial charge in [-0.1, -0.05) is 22.0 Å². The Morgan fingerprint density at radius 1 is 1.22 bits per heavy atom. The van der Waals surface area contributed by atoms with Crippen LogP contribution in [0.2, 0.25) is 0 Å². The molecule has 2 N–H and O–H groups in total. The minimum atomic E-state index is -0.136. The van der Waals surface area contributed by atoms with Crippen LogP contribution >= 0.6 is 15.9 Å². The SMILES string of the molecule is O=C1CCC(CN2CCC(Nc3cccc(Br)c3)CC2)C(=O)N1. The van der Waals surface area contributed by atoms with Crippen LogP contribution in [0.3, 0.4) is 0 Å². The largest absolute Gasteiger partial charge is 0.382 e. The second-order valence-electron chi connectivity index (χ2n) is 6.38. The predicted molar refractivity (Wildman–Crippen MR) is 93.1 cm³/mol. The van der Waals surface area contributed by atoms with E-state index >= 15 is 0 Å². The highest BCUT2D eigenvalue weighted by atomic mass is 79.9. The van der Waals surface area contributed by atoms with E-state index in [0.29, 0.717) is 18.9 Å². The van der Waals surface area contributed by atoms with Gasteiger partial charge in [0.15, 0.2) is 0 Å². The maximum Gasteiger partial charge on any atom is 0.230 e. The van der Waals surface area contributed by atoms with Crippen LogP contribution in [0.5, 0.6) is 0 Å². The smallest absolute Gasteiger partial charge is 0.230 e. The summed E-state index contributed by atoms with van der Waals surface area (Å²) in [7, 11) is 0. The summed E-state index contributed by atoms with van der Waals surface area (Å²) in [6.45, 7) is 2.75. The van der Waals surface area contributed by atoms with Gasteiger partial charge in [0.2, 0.25) is 11.8 Å². The van der Waals surface area contributed by atoms with E-state index in [4.69, 9.17) is 0 Å². The molecule has 1 aromatic rings. The Bertz CT molecular complexity index is 585. The van der Waals surface area contributed by atoms with Gasteiger partial charge in [0.25, 0.3) is 0 Å². The highest BCUT2D eigenvalue weighted by Crippen LogP contribution is 2.21. The summed E-state index contributed by atoms with van der Waals surface area (Å²) in [5, 5.41) is 6.02. The van der Waals surface area contributed by atoms with Crippen molar-refractivity contribution in [2.45, 2.75) is 31.7 Å². The lowest BCUT2D eigenvalue weighted by Crippen LogP contribution is -2.48. The third-order valence-corrected chi connectivity index (χ3v) is 5.11. The normalized spacial score (nSPS) is 23.6. The number of anilines is 1. The number of nitrogens with zero attached hydrogens (tertiary/aromatic N) is 1. The molecule has 0 spiro atoms. The second kappa shape index (κ2) is 7.45. The number of piperidine rings is 2. The minimum Gasteiger partial charge on any atom is -0.382 e. The number of rotatable bonds is 4. The van der Waals surface area contributed by atoms with E-state index in [-0.39, 0.29) is 17.7 Å². The Labute approximate surface area is 144 Å². The standard InChI is InChI=1S/C17H22BrN3O2/c18-13-2-1-3-15(10-13)19-14-6-8-21(9-7-14)11-12-4-5-16(22)20-17(12)23/h1-3,10,12,14,19H,4-9,11H2,(H,20,22,23). The van der Waals surface area contributed by atoms with E-state index in [1.165, 1.54) is 0 Å². The average molecular weight is 380 g/mol. The van der Waals surface area contributed by atoms with Crippen molar-refractivity contribution in [3.8, 4) is 0 Å². The number of carbonyl (C=O) groups excluding carboxylic acids is 2. The molecule has 23 heavy (non-hydrogen) atoms. The third kappa shape index (κ3) is 4.54. The van der Waals surface area contributed by atoms with Crippen LogP contribution in [0.15, 0.2) is 28.7 Å². The number of carbonyl (C=O) groups is 2. The fraction of sp³-hybridized carbons (Fsp3) is 0.529. The monoisotopic (exact) mass is 379 g/mol. The molecular weight excluding hydrogens is 358 g/mol. The van der Waals surface area contributed by atoms with Gasteiger partial charge < -0.3 is 10.2 Å². The van der Waals surface area contributed by atoms with Crippen LogP contribution in [0.1, 0.15) is 25.7 Å². The first-order valence-corrected chi connectivity index (χ1v) is 8.97. The first kappa shape index (κ1) is 16.5. The fourth-order valence-corrected chi connectivity index (χ4v) is 3.70. The molecule has 0 radical (unpaired) electrons. The van der Waals surface area contributed by atoms with Gasteiger partial charge in [-0.3, -0.25) is 14.9 Å². The summed E-state index contributed by atoms with van der Waals surface area (Å²) in [4.78, 5) is 25.4. The minimum absolute atomic E-state index is 0.0395. The number of hydrogen-bond donors (Lipinski definition) is 2. The Morgan fingerprint density at radius 2 is 2.00 bits per heavy atom. The lowest BCUT2D eigenvalue weighted by atomic mass is 9.96. The van der Waals surface area contributed by atoms with Crippen molar-refractivity contribution in [2.75, 3.05) is 25.0 Å². The molecule has 1 aromatic carbocycles. The van der Waals surface area contributed by atoms with Gasteiger partial charge in [-0.25, -0.2) is 0 Å². The lowest BCUT2D eigenvalue weighted by molar-refractivity contribution is -0.136. The van der Waals surface area contributed by atoms with Gasteiger partial charge in [0.05, 0.1) is 5.92 Å². The predicted octanol–water partition coefficient (Wildman–Crippen LogP) is 2.38. The molecule has 0 aromatic heterocycles. The molecule has 5 nitrogen and oxygen atoms in total. The molecule has 0 aliphatic carbocycles. The van der Waals surface area contributed by atoms with Crippen LogP contribution in [0.4, 0.5) is 5.69 Å². The highest BCUT2D eigenvalue weighted by Gasteiger charge is 2.29. The first-order valence-electron chi connectivity index (χ1n) is 8.18. The number of likely N-dealkylation sites (tertiary alicyclic amines) is 1. The zero-order valence-electron chi connectivity index (χ0n) is 13.1. The molecule has 1 unspecified atom stereocenters. The first-order chi connectivity index (χ1) is 11.1. The van der Waals surface area contributed by atoms with Crippen molar-refractivity contribution in [3.63, 3.8) is 0 Å². The van der Waals surface area contributed by atoms with Crippen molar-refractivity contribution >= 4 is 33.4 Å². The van der Waals surface area contributed by atoms with Gasteiger partial charge in [-0.15, -0.1) is 0 Å². The Balaban J connectivity index is 1.45. The van der Waals surface area contributed by atoms with Crippen LogP contribution in [0, 0.1) is 5.92 Å². The summed E-state index contributed by atoms with van der Waals surface area (Å²) in [5.74, 6) is -0.277. The summed E-state index contributed by atoms with van der Waals surface area (Å²) in [6, 6.07) is 8.71. The van der Waals surface area contributed by atoms with Crippen molar-refractivity contribution in [2.24, 2.45) is 5.92 Å². The van der Waals surface area contributed by atoms with Crippen molar-refractivity contribution in [1.82, 2.24) is 10.2 Å². The Hall–Kier alpha value is -1.40. The van der Waals surface area contributed by atoms with Gasteiger partial charge in [0, 0.05) is 42.3 Å². The lowest BCUT2D eigenvalue weighted by Gasteiger charge is -2.35. The number of hydrogen-bond acceptors (Lipinski definition) is 4. The molecule has 124 valence electrons. The van der Waals surface area contributed by atoms with E-state index in [0.717, 1.165) is 42.6 Å². The number of halogens is 1. The van der Waals surface area contributed by atoms with Gasteiger partial charge in [-0.2, -0.15) is 0 Å². The maximum absolute atomic E-state index is 11.8. The molecule has 1 atom stereocenters. The van der Waals surface area contributed by atoms with Gasteiger partial charge >= 0.3 is 0 Å². The van der Waals surface area contributed by atoms with Crippen molar-refractivity contribution in [3.05, 3.63) is 28.7 Å². The maximum atomic E-state index is 11.8. The molecule has 2 aliphatic rings. The Kier molecular flexibility index (Phi) is 5.33. The second-order valence-corrected chi connectivity index (χ2v) is 7.29. The van der Waals surface area contributed by atoms with E-state index < -0.39 is 0 Å². The molecule has 6 heteroatoms.